The maximum atomic E-state index is 12.8. The molecule has 0 aromatic rings. The van der Waals surface area contributed by atoms with Crippen molar-refractivity contribution in [1.82, 2.24) is 0 Å². The van der Waals surface area contributed by atoms with Crippen molar-refractivity contribution in [2.75, 3.05) is 13.2 Å². The third-order valence-corrected chi connectivity index (χ3v) is 12.4. The fourth-order valence-corrected chi connectivity index (χ4v) is 8.01. The van der Waals surface area contributed by atoms with E-state index in [9.17, 15) is 14.4 Å². The molecular formula is C67H110O6. The van der Waals surface area contributed by atoms with Crippen LogP contribution >= 0.6 is 0 Å². The summed E-state index contributed by atoms with van der Waals surface area (Å²) in [5, 5.41) is 0. The van der Waals surface area contributed by atoms with Crippen molar-refractivity contribution < 1.29 is 28.6 Å². The molecule has 0 aliphatic heterocycles. The molecule has 0 aromatic carbocycles. The molecule has 0 amide bonds. The second-order valence-corrected chi connectivity index (χ2v) is 19.5. The predicted molar refractivity (Wildman–Crippen MR) is 316 cm³/mol. The smallest absolute Gasteiger partial charge is 0.306 e. The Labute approximate surface area is 450 Å². The van der Waals surface area contributed by atoms with Crippen LogP contribution in [0, 0.1) is 0 Å². The fourth-order valence-electron chi connectivity index (χ4n) is 8.01. The fraction of sp³-hybridized carbons (Fsp3) is 0.657. The summed E-state index contributed by atoms with van der Waals surface area (Å²) < 4.78 is 16.8. The summed E-state index contributed by atoms with van der Waals surface area (Å²) >= 11 is 0. The summed E-state index contributed by atoms with van der Waals surface area (Å²) in [5.74, 6) is -1.02. The molecule has 0 fully saturated rings. The van der Waals surface area contributed by atoms with Crippen LogP contribution in [0.25, 0.3) is 0 Å². The van der Waals surface area contributed by atoms with Gasteiger partial charge in [0.1, 0.15) is 13.2 Å². The molecule has 0 aliphatic rings. The highest BCUT2D eigenvalue weighted by Gasteiger charge is 2.19. The highest BCUT2D eigenvalue weighted by molar-refractivity contribution is 5.71. The van der Waals surface area contributed by atoms with Crippen molar-refractivity contribution in [1.29, 1.82) is 0 Å². The van der Waals surface area contributed by atoms with Gasteiger partial charge in [-0.3, -0.25) is 14.4 Å². The van der Waals surface area contributed by atoms with Crippen molar-refractivity contribution in [3.8, 4) is 0 Å². The number of carbonyl (C=O) groups excluding carboxylic acids is 3. The van der Waals surface area contributed by atoms with E-state index in [2.05, 4.69) is 130 Å². The first-order valence-corrected chi connectivity index (χ1v) is 30.0. The van der Waals surface area contributed by atoms with Gasteiger partial charge in [-0.1, -0.05) is 251 Å². The van der Waals surface area contributed by atoms with Gasteiger partial charge in [0.25, 0.3) is 0 Å². The lowest BCUT2D eigenvalue weighted by Crippen LogP contribution is -2.30. The molecule has 0 N–H and O–H groups in total. The van der Waals surface area contributed by atoms with Crippen molar-refractivity contribution in [2.45, 2.75) is 271 Å². The molecule has 1 atom stereocenters. The summed E-state index contributed by atoms with van der Waals surface area (Å²) in [6.45, 7) is 6.34. The SMILES string of the molecule is CC/C=C\C/C=C\C/C=C\C/C=C\C/C=C\C/C=C\CCC(=O)O[C@H](COC(=O)CCCCCCC/C=C\C/C=C\C/C=C\CC)COC(=O)CCCCCCCCCCCCC/C=C\CCCCCCCC. The Hall–Kier alpha value is -4.19. The number of esters is 3. The minimum Gasteiger partial charge on any atom is -0.462 e. The van der Waals surface area contributed by atoms with E-state index in [1.807, 2.05) is 12.2 Å². The van der Waals surface area contributed by atoms with Crippen molar-refractivity contribution >= 4 is 17.9 Å². The van der Waals surface area contributed by atoms with Gasteiger partial charge in [-0.05, 0) is 116 Å². The van der Waals surface area contributed by atoms with Crippen LogP contribution in [0.2, 0.25) is 0 Å². The summed E-state index contributed by atoms with van der Waals surface area (Å²) in [7, 11) is 0. The molecule has 0 radical (unpaired) electrons. The summed E-state index contributed by atoms with van der Waals surface area (Å²) in [6.07, 6.45) is 83.5. The quantitative estimate of drug-likeness (QED) is 0.0261. The van der Waals surface area contributed by atoms with E-state index in [0.29, 0.717) is 19.3 Å². The molecule has 73 heavy (non-hydrogen) atoms. The number of rotatable bonds is 53. The van der Waals surface area contributed by atoms with E-state index in [0.717, 1.165) is 116 Å². The molecule has 6 nitrogen and oxygen atoms in total. The summed E-state index contributed by atoms with van der Waals surface area (Å²) in [5.41, 5.74) is 0. The minimum absolute atomic E-state index is 0.116. The molecular weight excluding hydrogens is 901 g/mol. The Morgan fingerprint density at radius 3 is 0.904 bits per heavy atom. The van der Waals surface area contributed by atoms with Crippen molar-refractivity contribution in [2.24, 2.45) is 0 Å². The first kappa shape index (κ1) is 68.8. The molecule has 414 valence electrons. The van der Waals surface area contributed by atoms with E-state index < -0.39 is 12.1 Å². The van der Waals surface area contributed by atoms with Gasteiger partial charge >= 0.3 is 17.9 Å². The number of ether oxygens (including phenoxy) is 3. The Morgan fingerprint density at radius 2 is 0.562 bits per heavy atom. The maximum absolute atomic E-state index is 12.8. The van der Waals surface area contributed by atoms with Crippen LogP contribution in [0.5, 0.6) is 0 Å². The van der Waals surface area contributed by atoms with Crippen molar-refractivity contribution in [3.63, 3.8) is 0 Å². The van der Waals surface area contributed by atoms with Gasteiger partial charge < -0.3 is 14.2 Å². The third kappa shape index (κ3) is 58.6. The summed E-state index contributed by atoms with van der Waals surface area (Å²) in [4.78, 5) is 38.2. The van der Waals surface area contributed by atoms with Crippen LogP contribution < -0.4 is 0 Å². The Kier molecular flexibility index (Phi) is 56.9. The molecule has 0 unspecified atom stereocenters. The topological polar surface area (TPSA) is 78.9 Å². The molecule has 0 aliphatic carbocycles. The van der Waals surface area contributed by atoms with Crippen LogP contribution in [0.4, 0.5) is 0 Å². The van der Waals surface area contributed by atoms with Gasteiger partial charge in [-0.2, -0.15) is 0 Å². The third-order valence-electron chi connectivity index (χ3n) is 12.4. The van der Waals surface area contributed by atoms with Crippen LogP contribution in [-0.4, -0.2) is 37.2 Å². The van der Waals surface area contributed by atoms with Crippen LogP contribution in [0.15, 0.2) is 122 Å². The second kappa shape index (κ2) is 60.4. The van der Waals surface area contributed by atoms with Gasteiger partial charge in [0.2, 0.25) is 0 Å². The number of allylic oxidation sites excluding steroid dienone is 20. The van der Waals surface area contributed by atoms with Crippen LogP contribution in [0.1, 0.15) is 265 Å². The number of hydrogen-bond acceptors (Lipinski definition) is 6. The average Bonchev–Trinajstić information content (AvgIpc) is 3.39. The highest BCUT2D eigenvalue weighted by Crippen LogP contribution is 2.15. The Balaban J connectivity index is 4.50. The van der Waals surface area contributed by atoms with E-state index in [-0.39, 0.29) is 31.6 Å². The average molecular weight is 1010 g/mol. The highest BCUT2D eigenvalue weighted by atomic mass is 16.6. The normalized spacial score (nSPS) is 13.0. The van der Waals surface area contributed by atoms with E-state index in [1.165, 1.54) is 103 Å². The molecule has 0 spiro atoms. The van der Waals surface area contributed by atoms with Crippen LogP contribution in [0.3, 0.4) is 0 Å². The first-order valence-electron chi connectivity index (χ1n) is 30.0. The van der Waals surface area contributed by atoms with Crippen molar-refractivity contribution in [3.05, 3.63) is 122 Å². The minimum atomic E-state index is -0.830. The number of unbranched alkanes of at least 4 members (excludes halogenated alkanes) is 22. The molecule has 0 aromatic heterocycles. The maximum Gasteiger partial charge on any atom is 0.306 e. The summed E-state index contributed by atoms with van der Waals surface area (Å²) in [6, 6.07) is 0. The van der Waals surface area contributed by atoms with E-state index in [4.69, 9.17) is 14.2 Å². The van der Waals surface area contributed by atoms with Crippen LogP contribution in [-0.2, 0) is 28.6 Å². The zero-order chi connectivity index (χ0) is 52.9. The zero-order valence-electron chi connectivity index (χ0n) is 47.4. The lowest BCUT2D eigenvalue weighted by atomic mass is 10.0. The van der Waals surface area contributed by atoms with Gasteiger partial charge in [-0.15, -0.1) is 0 Å². The number of hydrogen-bond donors (Lipinski definition) is 0. The molecule has 0 rings (SSSR count). The molecule has 0 saturated heterocycles. The lowest BCUT2D eigenvalue weighted by molar-refractivity contribution is -0.166. The first-order chi connectivity index (χ1) is 36.0. The van der Waals surface area contributed by atoms with E-state index >= 15 is 0 Å². The Morgan fingerprint density at radius 1 is 0.288 bits per heavy atom. The molecule has 0 heterocycles. The second-order valence-electron chi connectivity index (χ2n) is 19.5. The molecule has 6 heteroatoms. The van der Waals surface area contributed by atoms with Gasteiger partial charge in [0, 0.05) is 19.3 Å². The largest absolute Gasteiger partial charge is 0.462 e. The number of carbonyl (C=O) groups is 3. The molecule has 0 saturated carbocycles. The van der Waals surface area contributed by atoms with Gasteiger partial charge in [0.05, 0.1) is 0 Å². The van der Waals surface area contributed by atoms with E-state index in [1.54, 1.807) is 0 Å². The zero-order valence-corrected chi connectivity index (χ0v) is 47.4. The molecule has 0 bridgehead atoms. The standard InChI is InChI=1S/C67H110O6/c1-4-7-10-13-16-19-22-25-28-30-32-33-35-36-39-42-45-48-51-54-57-60-66(69)72-63-64(62-71-65(68)59-56-53-50-47-44-41-38-27-24-21-18-15-12-9-6-3)73-67(70)61-58-55-52-49-46-43-40-37-34-31-29-26-23-20-17-14-11-8-5-2/h8-9,11-12,17-18,20-21,25-29,34,37-38,43,46,52,55,64H,4-7,10,13-16,19,22-24,30-33,35-36,39-42,44-45,47-51,53-54,56-63H2,1-3H3/b11-8-,12-9-,20-17-,21-18-,28-25-,29-26-,37-34-,38-27-,46-43-,55-52-/t64-/m1/s1. The van der Waals surface area contributed by atoms with Gasteiger partial charge in [0.15, 0.2) is 6.10 Å². The monoisotopic (exact) mass is 1010 g/mol. The van der Waals surface area contributed by atoms with Gasteiger partial charge in [-0.25, -0.2) is 0 Å². The predicted octanol–water partition coefficient (Wildman–Crippen LogP) is 20.4. The Bertz CT molecular complexity index is 1540. The lowest BCUT2D eigenvalue weighted by Gasteiger charge is -2.18.